The molecule has 0 atom stereocenters. The molecular weight excluding hydrogens is 254 g/mol. The fourth-order valence-electron chi connectivity index (χ4n) is 2.76. The van der Waals surface area contributed by atoms with Crippen LogP contribution in [0.3, 0.4) is 0 Å². The molecule has 1 aliphatic rings. The number of benzene rings is 1. The molecule has 1 amide bonds. The van der Waals surface area contributed by atoms with Gasteiger partial charge in [-0.2, -0.15) is 0 Å². The second kappa shape index (κ2) is 5.63. The van der Waals surface area contributed by atoms with E-state index in [1.54, 1.807) is 12.4 Å². The average molecular weight is 273 g/mol. The van der Waals surface area contributed by atoms with E-state index in [4.69, 9.17) is 0 Å². The normalized spacial score (nSPS) is 22.9. The quantitative estimate of drug-likeness (QED) is 0.798. The van der Waals surface area contributed by atoms with Crippen LogP contribution in [0.1, 0.15) is 36.0 Å². The number of aliphatic hydroxyl groups is 1. The Morgan fingerprint density at radius 1 is 1.35 bits per heavy atom. The fourth-order valence-corrected chi connectivity index (χ4v) is 2.76. The van der Waals surface area contributed by atoms with Gasteiger partial charge in [0.25, 0.3) is 5.91 Å². The molecule has 1 fully saturated rings. The number of hydrogen-bond donors (Lipinski definition) is 3. The lowest BCUT2D eigenvalue weighted by atomic mass is 9.87. The fraction of sp³-hybridized carbons (Fsp3) is 0.467. The highest BCUT2D eigenvalue weighted by Crippen LogP contribution is 2.23. The molecule has 5 nitrogen and oxygen atoms in total. The van der Waals surface area contributed by atoms with Crippen LogP contribution in [0.4, 0.5) is 0 Å². The topological polar surface area (TPSA) is 78.0 Å². The number of aliphatic hydroxyl groups excluding tert-OH is 1. The number of fused-ring (bicyclic) bond motifs is 1. The third-order valence-electron chi connectivity index (χ3n) is 4.05. The molecule has 1 heterocycles. The van der Waals surface area contributed by atoms with Crippen molar-refractivity contribution in [3.8, 4) is 0 Å². The molecule has 0 spiro atoms. The van der Waals surface area contributed by atoms with E-state index in [1.807, 2.05) is 12.1 Å². The Balaban J connectivity index is 1.58. The smallest absolute Gasteiger partial charge is 0.251 e. The van der Waals surface area contributed by atoms with Gasteiger partial charge in [0.2, 0.25) is 0 Å². The van der Waals surface area contributed by atoms with Crippen LogP contribution in [0.2, 0.25) is 0 Å². The molecular formula is C15H19N3O2. The number of nitrogens with one attached hydrogen (secondary N) is 2. The molecule has 0 bridgehead atoms. The Morgan fingerprint density at radius 3 is 2.95 bits per heavy atom. The number of carbonyl (C=O) groups excluding carboxylic acids is 1. The highest BCUT2D eigenvalue weighted by Gasteiger charge is 2.20. The molecule has 1 aromatic heterocycles. The van der Waals surface area contributed by atoms with Crippen molar-refractivity contribution in [3.63, 3.8) is 0 Å². The van der Waals surface area contributed by atoms with Crippen LogP contribution in [0.25, 0.3) is 11.0 Å². The molecule has 3 N–H and O–H groups in total. The Morgan fingerprint density at radius 2 is 2.15 bits per heavy atom. The Labute approximate surface area is 117 Å². The van der Waals surface area contributed by atoms with Gasteiger partial charge >= 0.3 is 0 Å². The second-order valence-corrected chi connectivity index (χ2v) is 5.52. The minimum absolute atomic E-state index is 0.0485. The van der Waals surface area contributed by atoms with Gasteiger partial charge in [-0.1, -0.05) is 0 Å². The third kappa shape index (κ3) is 2.82. The molecule has 0 aliphatic heterocycles. The van der Waals surface area contributed by atoms with E-state index >= 15 is 0 Å². The number of rotatable bonds is 3. The number of aromatic amines is 1. The highest BCUT2D eigenvalue weighted by atomic mass is 16.3. The average Bonchev–Trinajstić information content (AvgIpc) is 2.93. The molecule has 3 rings (SSSR count). The van der Waals surface area contributed by atoms with Crippen molar-refractivity contribution in [3.05, 3.63) is 30.1 Å². The Kier molecular flexibility index (Phi) is 3.69. The molecule has 1 saturated carbocycles. The van der Waals surface area contributed by atoms with Crippen LogP contribution in [0, 0.1) is 5.92 Å². The number of imidazole rings is 1. The Hall–Kier alpha value is -1.88. The van der Waals surface area contributed by atoms with E-state index in [0.717, 1.165) is 36.7 Å². The van der Waals surface area contributed by atoms with Gasteiger partial charge in [-0.05, 0) is 49.8 Å². The summed E-state index contributed by atoms with van der Waals surface area (Å²) in [6.07, 6.45) is 5.15. The summed E-state index contributed by atoms with van der Waals surface area (Å²) in [6, 6.07) is 5.46. The largest absolute Gasteiger partial charge is 0.393 e. The Bertz CT molecular complexity index is 600. The van der Waals surface area contributed by atoms with Gasteiger partial charge in [0.05, 0.1) is 23.5 Å². The van der Waals surface area contributed by atoms with Crippen molar-refractivity contribution in [1.29, 1.82) is 0 Å². The molecule has 2 aromatic rings. The van der Waals surface area contributed by atoms with Crippen molar-refractivity contribution in [1.82, 2.24) is 15.3 Å². The predicted molar refractivity (Wildman–Crippen MR) is 76.4 cm³/mol. The van der Waals surface area contributed by atoms with Crippen molar-refractivity contribution in [2.24, 2.45) is 5.92 Å². The summed E-state index contributed by atoms with van der Waals surface area (Å²) in [5.41, 5.74) is 2.39. The number of carbonyl (C=O) groups is 1. The number of amides is 1. The number of nitrogens with zero attached hydrogens (tertiary/aromatic N) is 1. The first-order valence-corrected chi connectivity index (χ1v) is 7.12. The summed E-state index contributed by atoms with van der Waals surface area (Å²) >= 11 is 0. The summed E-state index contributed by atoms with van der Waals surface area (Å²) < 4.78 is 0. The molecule has 0 radical (unpaired) electrons. The molecule has 5 heteroatoms. The van der Waals surface area contributed by atoms with Crippen LogP contribution >= 0.6 is 0 Å². The van der Waals surface area contributed by atoms with Crippen molar-refractivity contribution < 1.29 is 9.90 Å². The van der Waals surface area contributed by atoms with Crippen LogP contribution < -0.4 is 5.32 Å². The zero-order valence-corrected chi connectivity index (χ0v) is 11.3. The summed E-state index contributed by atoms with van der Waals surface area (Å²) in [6.45, 7) is 0.687. The zero-order valence-electron chi connectivity index (χ0n) is 11.3. The van der Waals surface area contributed by atoms with Gasteiger partial charge in [0.1, 0.15) is 0 Å². The third-order valence-corrected chi connectivity index (χ3v) is 4.05. The first-order valence-electron chi connectivity index (χ1n) is 7.12. The monoisotopic (exact) mass is 273 g/mol. The minimum atomic E-state index is -0.148. The molecule has 0 unspecified atom stereocenters. The van der Waals surface area contributed by atoms with Gasteiger partial charge in [-0.25, -0.2) is 4.98 Å². The van der Waals surface area contributed by atoms with Gasteiger partial charge in [-0.3, -0.25) is 4.79 Å². The first kappa shape index (κ1) is 13.1. The van der Waals surface area contributed by atoms with E-state index in [0.29, 0.717) is 18.0 Å². The van der Waals surface area contributed by atoms with E-state index in [1.165, 1.54) is 0 Å². The molecule has 20 heavy (non-hydrogen) atoms. The maximum absolute atomic E-state index is 12.1. The van der Waals surface area contributed by atoms with Gasteiger partial charge in [0, 0.05) is 12.1 Å². The minimum Gasteiger partial charge on any atom is -0.393 e. The SMILES string of the molecule is O=C(NCC1CCC(O)CC1)c1ccc2nc[nH]c2c1. The van der Waals surface area contributed by atoms with Gasteiger partial charge in [-0.15, -0.1) is 0 Å². The molecule has 1 aromatic carbocycles. The lowest BCUT2D eigenvalue weighted by molar-refractivity contribution is 0.0910. The highest BCUT2D eigenvalue weighted by molar-refractivity contribution is 5.97. The lowest BCUT2D eigenvalue weighted by Crippen LogP contribution is -2.32. The van der Waals surface area contributed by atoms with Crippen LogP contribution in [0.5, 0.6) is 0 Å². The number of H-pyrrole nitrogens is 1. The molecule has 1 aliphatic carbocycles. The predicted octanol–water partition coefficient (Wildman–Crippen LogP) is 1.84. The van der Waals surface area contributed by atoms with Gasteiger partial charge < -0.3 is 15.4 Å². The summed E-state index contributed by atoms with van der Waals surface area (Å²) in [5, 5.41) is 12.5. The molecule has 106 valence electrons. The standard InChI is InChI=1S/C15H19N3O2/c19-12-4-1-10(2-5-12)8-16-15(20)11-3-6-13-14(7-11)18-9-17-13/h3,6-7,9-10,12,19H,1-2,4-5,8H2,(H,16,20)(H,17,18). The summed E-state index contributed by atoms with van der Waals surface area (Å²) in [5.74, 6) is 0.436. The summed E-state index contributed by atoms with van der Waals surface area (Å²) in [4.78, 5) is 19.3. The molecule has 0 saturated heterocycles. The van der Waals surface area contributed by atoms with Crippen molar-refractivity contribution in [2.75, 3.05) is 6.54 Å². The summed E-state index contributed by atoms with van der Waals surface area (Å²) in [7, 11) is 0. The van der Waals surface area contributed by atoms with Gasteiger partial charge in [0.15, 0.2) is 0 Å². The maximum atomic E-state index is 12.1. The first-order chi connectivity index (χ1) is 9.72. The number of hydrogen-bond acceptors (Lipinski definition) is 3. The van der Waals surface area contributed by atoms with E-state index in [-0.39, 0.29) is 12.0 Å². The number of aromatic nitrogens is 2. The lowest BCUT2D eigenvalue weighted by Gasteiger charge is -2.25. The second-order valence-electron chi connectivity index (χ2n) is 5.52. The van der Waals surface area contributed by atoms with Crippen LogP contribution in [0.15, 0.2) is 24.5 Å². The van der Waals surface area contributed by atoms with Crippen molar-refractivity contribution in [2.45, 2.75) is 31.8 Å². The zero-order chi connectivity index (χ0) is 13.9. The van der Waals surface area contributed by atoms with E-state index in [9.17, 15) is 9.90 Å². The maximum Gasteiger partial charge on any atom is 0.251 e. The van der Waals surface area contributed by atoms with E-state index < -0.39 is 0 Å². The van der Waals surface area contributed by atoms with Crippen LogP contribution in [-0.4, -0.2) is 33.6 Å². The van der Waals surface area contributed by atoms with Crippen LogP contribution in [-0.2, 0) is 0 Å². The van der Waals surface area contributed by atoms with Crippen molar-refractivity contribution >= 4 is 16.9 Å². The van der Waals surface area contributed by atoms with E-state index in [2.05, 4.69) is 15.3 Å².